The Morgan fingerprint density at radius 1 is 1.08 bits per heavy atom. The fraction of sp³-hybridized carbons (Fsp3) is 0.143. The number of hydrogen-bond acceptors (Lipinski definition) is 2. The summed E-state index contributed by atoms with van der Waals surface area (Å²) < 4.78 is 8.62. The number of quaternary nitrogens is 1. The van der Waals surface area contributed by atoms with Gasteiger partial charge in [-0.1, -0.05) is 36.4 Å². The van der Waals surface area contributed by atoms with E-state index in [9.17, 15) is 0 Å². The first-order valence-corrected chi connectivity index (χ1v) is 9.43. The van der Waals surface area contributed by atoms with Gasteiger partial charge in [-0.05, 0) is 30.5 Å². The zero-order valence-electron chi connectivity index (χ0n) is 14.4. The zero-order valence-corrected chi connectivity index (χ0v) is 16.8. The lowest BCUT2D eigenvalue weighted by atomic mass is 10.1. The third-order valence-electron chi connectivity index (χ3n) is 5.01. The van der Waals surface area contributed by atoms with Gasteiger partial charge in [0.2, 0.25) is 5.88 Å². The van der Waals surface area contributed by atoms with E-state index in [2.05, 4.69) is 76.9 Å². The maximum atomic E-state index is 6.40. The highest BCUT2D eigenvalue weighted by molar-refractivity contribution is 7.10. The minimum absolute atomic E-state index is 0. The molecule has 0 spiro atoms. The van der Waals surface area contributed by atoms with Crippen LogP contribution in [0, 0.1) is 6.92 Å². The number of hydrogen-bond donors (Lipinski definition) is 1. The Morgan fingerprint density at radius 3 is 2.69 bits per heavy atom. The first kappa shape index (κ1) is 17.3. The van der Waals surface area contributed by atoms with Gasteiger partial charge in [-0.2, -0.15) is 0 Å². The highest BCUT2D eigenvalue weighted by Crippen LogP contribution is 2.36. The van der Waals surface area contributed by atoms with Crippen molar-refractivity contribution in [3.05, 3.63) is 87.9 Å². The number of thiophene rings is 1. The van der Waals surface area contributed by atoms with Crippen LogP contribution in [-0.4, -0.2) is 4.57 Å². The van der Waals surface area contributed by atoms with Gasteiger partial charge in [0.25, 0.3) is 0 Å². The Hall–Kier alpha value is -2.08. The third-order valence-corrected chi connectivity index (χ3v) is 5.97. The summed E-state index contributed by atoms with van der Waals surface area (Å²) in [6.45, 7) is 3.09. The van der Waals surface area contributed by atoms with Crippen LogP contribution in [0.25, 0.3) is 17.2 Å². The lowest BCUT2D eigenvalue weighted by Gasteiger charge is -2.12. The largest absolute Gasteiger partial charge is 1.00 e. The third kappa shape index (κ3) is 2.67. The topological polar surface area (TPSA) is 34.7 Å². The normalized spacial score (nSPS) is 15.7. The molecule has 5 rings (SSSR count). The van der Waals surface area contributed by atoms with Gasteiger partial charge >= 0.3 is 0 Å². The van der Waals surface area contributed by atoms with Crippen molar-refractivity contribution in [2.45, 2.75) is 19.5 Å². The molecule has 0 saturated heterocycles. The molecule has 0 bridgehead atoms. The Morgan fingerprint density at radius 2 is 1.92 bits per heavy atom. The highest BCUT2D eigenvalue weighted by atomic mass is 79.9. The number of rotatable bonds is 2. The molecule has 3 aromatic heterocycles. The first-order chi connectivity index (χ1) is 12.3. The second-order valence-corrected chi connectivity index (χ2v) is 7.42. The van der Waals surface area contributed by atoms with Crippen molar-refractivity contribution in [2.24, 2.45) is 0 Å². The van der Waals surface area contributed by atoms with E-state index >= 15 is 0 Å². The fourth-order valence-electron chi connectivity index (χ4n) is 3.75. The van der Waals surface area contributed by atoms with Gasteiger partial charge < -0.3 is 26.7 Å². The summed E-state index contributed by atoms with van der Waals surface area (Å²) in [5.41, 5.74) is 4.94. The molecule has 5 heteroatoms. The Bertz CT molecular complexity index is 1020. The van der Waals surface area contributed by atoms with E-state index in [1.165, 1.54) is 21.7 Å². The maximum absolute atomic E-state index is 6.40. The molecule has 0 radical (unpaired) electrons. The molecule has 0 fully saturated rings. The number of fused-ring (bicyclic) bond motifs is 3. The summed E-state index contributed by atoms with van der Waals surface area (Å²) in [6.07, 6.45) is 2.12. The Kier molecular flexibility index (Phi) is 4.61. The van der Waals surface area contributed by atoms with Crippen LogP contribution in [0.4, 0.5) is 0 Å². The summed E-state index contributed by atoms with van der Waals surface area (Å²) in [6, 6.07) is 19.4. The standard InChI is InChI=1S/C21H18N2OS.BrH/c1-14-16-13-22-19(18-10-6-12-25-18)17-9-5-11-23(17)21(16)24-20(14)15-7-3-2-4-8-15;/h2-12,19,22H,13H2,1H3;1H. The molecule has 1 aliphatic heterocycles. The summed E-state index contributed by atoms with van der Waals surface area (Å²) in [5.74, 6) is 1.94. The van der Waals surface area contributed by atoms with Crippen molar-refractivity contribution >= 4 is 11.3 Å². The molecular formula is C21H19BrN2OS. The van der Waals surface area contributed by atoms with Crippen molar-refractivity contribution in [3.8, 4) is 17.2 Å². The minimum atomic E-state index is 0. The van der Waals surface area contributed by atoms with Gasteiger partial charge in [0.15, 0.2) is 6.04 Å². The highest BCUT2D eigenvalue weighted by Gasteiger charge is 2.31. The van der Waals surface area contributed by atoms with Gasteiger partial charge in [0.05, 0.1) is 16.1 Å². The molecule has 4 heterocycles. The number of halogens is 1. The second kappa shape index (κ2) is 6.91. The predicted molar refractivity (Wildman–Crippen MR) is 100.0 cm³/mol. The van der Waals surface area contributed by atoms with Crippen molar-refractivity contribution in [2.75, 3.05) is 0 Å². The molecule has 132 valence electrons. The van der Waals surface area contributed by atoms with Crippen LogP contribution in [0.1, 0.15) is 27.7 Å². The van der Waals surface area contributed by atoms with Crippen molar-refractivity contribution in [1.29, 1.82) is 0 Å². The van der Waals surface area contributed by atoms with Crippen LogP contribution in [0.3, 0.4) is 0 Å². The van der Waals surface area contributed by atoms with Crippen LogP contribution in [0.15, 0.2) is 70.6 Å². The molecule has 4 aromatic rings. The average Bonchev–Trinajstić information content (AvgIpc) is 3.37. The monoisotopic (exact) mass is 426 g/mol. The smallest absolute Gasteiger partial charge is 0.213 e. The molecule has 0 saturated carbocycles. The van der Waals surface area contributed by atoms with Crippen LogP contribution in [-0.2, 0) is 6.54 Å². The molecular weight excluding hydrogens is 408 g/mol. The van der Waals surface area contributed by atoms with Crippen LogP contribution < -0.4 is 22.3 Å². The molecule has 26 heavy (non-hydrogen) atoms. The number of aromatic nitrogens is 1. The van der Waals surface area contributed by atoms with Crippen molar-refractivity contribution in [3.63, 3.8) is 0 Å². The van der Waals surface area contributed by atoms with Crippen LogP contribution in [0.5, 0.6) is 0 Å². The fourth-order valence-corrected chi connectivity index (χ4v) is 4.59. The van der Waals surface area contributed by atoms with Crippen molar-refractivity contribution < 1.29 is 26.7 Å². The van der Waals surface area contributed by atoms with E-state index in [0.717, 1.165) is 23.8 Å². The molecule has 0 amide bonds. The first-order valence-electron chi connectivity index (χ1n) is 8.55. The van der Waals surface area contributed by atoms with E-state index in [1.807, 2.05) is 17.4 Å². The summed E-state index contributed by atoms with van der Waals surface area (Å²) in [4.78, 5) is 1.38. The molecule has 2 N–H and O–H groups in total. The Labute approximate surface area is 167 Å². The molecule has 1 aliphatic rings. The average molecular weight is 427 g/mol. The van der Waals surface area contributed by atoms with Gasteiger partial charge in [-0.3, -0.25) is 4.57 Å². The predicted octanol–water partition coefficient (Wildman–Crippen LogP) is 1.28. The second-order valence-electron chi connectivity index (χ2n) is 6.44. The zero-order chi connectivity index (χ0) is 16.8. The number of nitrogens with two attached hydrogens (primary N) is 1. The lowest BCUT2D eigenvalue weighted by Crippen LogP contribution is -3.00. The number of benzene rings is 1. The van der Waals surface area contributed by atoms with E-state index in [4.69, 9.17) is 4.42 Å². The molecule has 0 aliphatic carbocycles. The van der Waals surface area contributed by atoms with Crippen molar-refractivity contribution in [1.82, 2.24) is 4.57 Å². The van der Waals surface area contributed by atoms with E-state index in [1.54, 1.807) is 0 Å². The SMILES string of the molecule is Cc1c(-c2ccccc2)oc2c1C[NH2+]C(c1cccs1)c1cccn1-2.[Br-]. The lowest BCUT2D eigenvalue weighted by molar-refractivity contribution is -0.701. The molecule has 3 nitrogen and oxygen atoms in total. The minimum Gasteiger partial charge on any atom is -1.00 e. The quantitative estimate of drug-likeness (QED) is 0.514. The molecule has 1 atom stereocenters. The molecule has 1 unspecified atom stereocenters. The van der Waals surface area contributed by atoms with E-state index in [0.29, 0.717) is 6.04 Å². The number of furan rings is 1. The van der Waals surface area contributed by atoms with E-state index in [-0.39, 0.29) is 17.0 Å². The molecule has 1 aromatic carbocycles. The van der Waals surface area contributed by atoms with Gasteiger partial charge in [0.1, 0.15) is 12.3 Å². The summed E-state index contributed by atoms with van der Waals surface area (Å²) in [5, 5.41) is 4.57. The summed E-state index contributed by atoms with van der Waals surface area (Å²) in [7, 11) is 0. The van der Waals surface area contributed by atoms with Crippen LogP contribution >= 0.6 is 11.3 Å². The van der Waals surface area contributed by atoms with Gasteiger partial charge in [-0.15, -0.1) is 11.3 Å². The number of nitrogens with zero attached hydrogens (tertiary/aromatic N) is 1. The van der Waals surface area contributed by atoms with Crippen LogP contribution in [0.2, 0.25) is 0 Å². The summed E-state index contributed by atoms with van der Waals surface area (Å²) >= 11 is 1.82. The van der Waals surface area contributed by atoms with E-state index < -0.39 is 0 Å². The Balaban J connectivity index is 0.00000168. The van der Waals surface area contributed by atoms with Gasteiger partial charge in [-0.25, -0.2) is 0 Å². The van der Waals surface area contributed by atoms with Gasteiger partial charge in [0, 0.05) is 17.3 Å². The maximum Gasteiger partial charge on any atom is 0.213 e.